The summed E-state index contributed by atoms with van der Waals surface area (Å²) in [6.45, 7) is 0. The van der Waals surface area contributed by atoms with Crippen LogP contribution in [0.15, 0.2) is 53.8 Å². The smallest absolute Gasteiger partial charge is 0.230 e. The number of nitrogens with zero attached hydrogens (tertiary/aromatic N) is 5. The fraction of sp³-hybridized carbons (Fsp3) is 0.0667. The third kappa shape index (κ3) is 2.39. The minimum Gasteiger partial charge on any atom is -0.370 e. The molecular weight excluding hydrogens is 297 g/mol. The van der Waals surface area contributed by atoms with Crippen molar-refractivity contribution in [2.24, 2.45) is 10.7 Å². The van der Waals surface area contributed by atoms with Crippen LogP contribution in [0.5, 0.6) is 0 Å². The van der Waals surface area contributed by atoms with E-state index >= 15 is 0 Å². The third-order valence-electron chi connectivity index (χ3n) is 3.45. The van der Waals surface area contributed by atoms with Crippen molar-refractivity contribution < 1.29 is 4.39 Å². The van der Waals surface area contributed by atoms with Crippen LogP contribution in [0.2, 0.25) is 0 Å². The number of pyridine rings is 1. The predicted octanol–water partition coefficient (Wildman–Crippen LogP) is 1.77. The first-order valence-corrected chi connectivity index (χ1v) is 6.93. The summed E-state index contributed by atoms with van der Waals surface area (Å²) < 4.78 is 14.8. The largest absolute Gasteiger partial charge is 0.370 e. The number of nitrogens with one attached hydrogen (secondary N) is 1. The highest BCUT2D eigenvalue weighted by Crippen LogP contribution is 2.28. The zero-order chi connectivity index (χ0) is 15.8. The Hall–Kier alpha value is -3.29. The molecule has 0 aliphatic carbocycles. The van der Waals surface area contributed by atoms with Gasteiger partial charge in [-0.05, 0) is 29.8 Å². The van der Waals surface area contributed by atoms with Crippen LogP contribution in [0, 0.1) is 5.82 Å². The van der Waals surface area contributed by atoms with Crippen molar-refractivity contribution in [3.63, 3.8) is 0 Å². The first-order chi connectivity index (χ1) is 11.2. The molecule has 7 nitrogen and oxygen atoms in total. The van der Waals surface area contributed by atoms with Gasteiger partial charge < -0.3 is 5.73 Å². The van der Waals surface area contributed by atoms with Crippen molar-refractivity contribution in [1.82, 2.24) is 19.7 Å². The van der Waals surface area contributed by atoms with Gasteiger partial charge in [-0.2, -0.15) is 4.98 Å². The van der Waals surface area contributed by atoms with Crippen LogP contribution in [0.25, 0.3) is 11.4 Å². The van der Waals surface area contributed by atoms with Crippen molar-refractivity contribution in [2.75, 3.05) is 5.32 Å². The summed E-state index contributed by atoms with van der Waals surface area (Å²) in [5.41, 5.74) is 7.37. The molecule has 4 rings (SSSR count). The Morgan fingerprint density at radius 3 is 2.74 bits per heavy atom. The van der Waals surface area contributed by atoms with Crippen molar-refractivity contribution in [2.45, 2.75) is 6.17 Å². The van der Waals surface area contributed by atoms with Gasteiger partial charge in [0.2, 0.25) is 5.95 Å². The molecule has 1 atom stereocenters. The topological polar surface area (TPSA) is 94.0 Å². The van der Waals surface area contributed by atoms with Gasteiger partial charge in [-0.15, -0.1) is 5.10 Å². The summed E-state index contributed by atoms with van der Waals surface area (Å²) in [7, 11) is 0. The highest BCUT2D eigenvalue weighted by atomic mass is 19.1. The van der Waals surface area contributed by atoms with Crippen LogP contribution in [0.1, 0.15) is 11.7 Å². The zero-order valence-electron chi connectivity index (χ0n) is 11.9. The second-order valence-corrected chi connectivity index (χ2v) is 5.01. The lowest BCUT2D eigenvalue weighted by Crippen LogP contribution is -2.32. The number of rotatable bonds is 2. The van der Waals surface area contributed by atoms with Crippen LogP contribution >= 0.6 is 0 Å². The average Bonchev–Trinajstić information content (AvgIpc) is 2.99. The van der Waals surface area contributed by atoms with E-state index in [-0.39, 0.29) is 11.8 Å². The molecule has 1 aliphatic rings. The van der Waals surface area contributed by atoms with Crippen molar-refractivity contribution in [3.05, 3.63) is 60.2 Å². The lowest BCUT2D eigenvalue weighted by atomic mass is 10.1. The summed E-state index contributed by atoms with van der Waals surface area (Å²) in [4.78, 5) is 12.8. The minimum atomic E-state index is -0.496. The number of halogens is 1. The highest BCUT2D eigenvalue weighted by molar-refractivity contribution is 5.92. The monoisotopic (exact) mass is 309 g/mol. The summed E-state index contributed by atoms with van der Waals surface area (Å²) >= 11 is 0. The van der Waals surface area contributed by atoms with E-state index in [1.165, 1.54) is 12.1 Å². The number of anilines is 1. The van der Waals surface area contributed by atoms with Crippen LogP contribution in [-0.2, 0) is 0 Å². The molecule has 0 saturated heterocycles. The molecule has 2 aromatic heterocycles. The number of hydrogen-bond acceptors (Lipinski definition) is 6. The number of nitrogens with two attached hydrogens (primary N) is 1. The Labute approximate surface area is 130 Å². The summed E-state index contributed by atoms with van der Waals surface area (Å²) in [5.74, 6) is 0.912. The Kier molecular flexibility index (Phi) is 3.00. The predicted molar refractivity (Wildman–Crippen MR) is 83.0 cm³/mol. The van der Waals surface area contributed by atoms with Gasteiger partial charge in [0, 0.05) is 18.0 Å². The number of hydrogen-bond donors (Lipinski definition) is 2. The molecule has 0 radical (unpaired) electrons. The fourth-order valence-electron chi connectivity index (χ4n) is 2.38. The number of aromatic nitrogens is 4. The number of guanidine groups is 1. The van der Waals surface area contributed by atoms with E-state index in [2.05, 4.69) is 25.4 Å². The van der Waals surface area contributed by atoms with Gasteiger partial charge in [0.1, 0.15) is 5.82 Å². The second-order valence-electron chi connectivity index (χ2n) is 5.01. The lowest BCUT2D eigenvalue weighted by molar-refractivity contribution is 0.540. The van der Waals surface area contributed by atoms with Gasteiger partial charge in [0.05, 0.1) is 0 Å². The van der Waals surface area contributed by atoms with E-state index in [4.69, 9.17) is 5.73 Å². The second kappa shape index (κ2) is 5.16. The zero-order valence-corrected chi connectivity index (χ0v) is 11.9. The first kappa shape index (κ1) is 13.4. The molecule has 23 heavy (non-hydrogen) atoms. The SMILES string of the molecule is NC1=NC(c2ccc(F)cc2)n2nc(-c3cccnc3)nc2N1. The Balaban J connectivity index is 1.79. The summed E-state index contributed by atoms with van der Waals surface area (Å²) in [5, 5.41) is 7.37. The molecule has 0 bridgehead atoms. The Morgan fingerprint density at radius 1 is 1.17 bits per heavy atom. The first-order valence-electron chi connectivity index (χ1n) is 6.93. The Morgan fingerprint density at radius 2 is 2.00 bits per heavy atom. The van der Waals surface area contributed by atoms with E-state index < -0.39 is 6.17 Å². The molecule has 114 valence electrons. The van der Waals surface area contributed by atoms with Crippen LogP contribution in [0.3, 0.4) is 0 Å². The standard InChI is InChI=1S/C15H12FN7/c16-11-5-3-9(4-6-11)13-20-14(17)21-15-19-12(22-23(13)15)10-2-1-7-18-8-10/h1-8,13H,(H3,17,19,20,21,22). The van der Waals surface area contributed by atoms with E-state index in [1.54, 1.807) is 29.2 Å². The van der Waals surface area contributed by atoms with E-state index in [0.29, 0.717) is 11.8 Å². The Bertz CT molecular complexity index is 871. The number of aliphatic imine (C=N–C) groups is 1. The van der Waals surface area contributed by atoms with Gasteiger partial charge in [-0.1, -0.05) is 12.1 Å². The molecule has 0 saturated carbocycles. The van der Waals surface area contributed by atoms with Crippen LogP contribution < -0.4 is 11.1 Å². The molecular formula is C15H12FN7. The molecule has 1 unspecified atom stereocenters. The van der Waals surface area contributed by atoms with Crippen molar-refractivity contribution in [3.8, 4) is 11.4 Å². The van der Waals surface area contributed by atoms with Gasteiger partial charge >= 0.3 is 0 Å². The lowest BCUT2D eigenvalue weighted by Gasteiger charge is -2.21. The average molecular weight is 309 g/mol. The molecule has 3 aromatic rings. The van der Waals surface area contributed by atoms with Gasteiger partial charge in [-0.3, -0.25) is 10.3 Å². The third-order valence-corrected chi connectivity index (χ3v) is 3.45. The molecule has 3 N–H and O–H groups in total. The maximum Gasteiger partial charge on any atom is 0.230 e. The summed E-state index contributed by atoms with van der Waals surface area (Å²) in [6.07, 6.45) is 2.86. The maximum absolute atomic E-state index is 13.1. The minimum absolute atomic E-state index is 0.233. The fourth-order valence-corrected chi connectivity index (χ4v) is 2.38. The van der Waals surface area contributed by atoms with Gasteiger partial charge in [-0.25, -0.2) is 14.1 Å². The quantitative estimate of drug-likeness (QED) is 0.752. The van der Waals surface area contributed by atoms with Gasteiger partial charge in [0.25, 0.3) is 0 Å². The van der Waals surface area contributed by atoms with E-state index in [0.717, 1.165) is 11.1 Å². The maximum atomic E-state index is 13.1. The van der Waals surface area contributed by atoms with E-state index in [9.17, 15) is 4.39 Å². The van der Waals surface area contributed by atoms with Crippen molar-refractivity contribution in [1.29, 1.82) is 0 Å². The van der Waals surface area contributed by atoms with E-state index in [1.807, 2.05) is 12.1 Å². The number of fused-ring (bicyclic) bond motifs is 1. The molecule has 0 spiro atoms. The molecule has 1 aliphatic heterocycles. The van der Waals surface area contributed by atoms with Crippen LogP contribution in [-0.4, -0.2) is 25.7 Å². The van der Waals surface area contributed by atoms with Crippen molar-refractivity contribution >= 4 is 11.9 Å². The molecule has 1 aromatic carbocycles. The van der Waals surface area contributed by atoms with Gasteiger partial charge in [0.15, 0.2) is 17.9 Å². The number of benzene rings is 1. The molecule has 0 amide bonds. The molecule has 3 heterocycles. The molecule has 8 heteroatoms. The summed E-state index contributed by atoms with van der Waals surface area (Å²) in [6, 6.07) is 9.73. The normalized spacial score (nSPS) is 16.4. The van der Waals surface area contributed by atoms with Crippen LogP contribution in [0.4, 0.5) is 10.3 Å². The highest BCUT2D eigenvalue weighted by Gasteiger charge is 2.25. The molecule has 0 fully saturated rings.